The molecule has 2 heterocycles. The first-order chi connectivity index (χ1) is 10.2. The van der Waals surface area contributed by atoms with Crippen molar-refractivity contribution in [2.24, 2.45) is 0 Å². The van der Waals surface area contributed by atoms with Crippen LogP contribution < -0.4 is 9.64 Å². The van der Waals surface area contributed by atoms with E-state index in [9.17, 15) is 0 Å². The van der Waals surface area contributed by atoms with Gasteiger partial charge in [0.2, 0.25) is 0 Å². The Morgan fingerprint density at radius 2 is 1.76 bits per heavy atom. The molecule has 0 atom stereocenters. The first-order valence-corrected chi connectivity index (χ1v) is 6.52. The second-order valence-electron chi connectivity index (χ2n) is 4.60. The minimum Gasteiger partial charge on any atom is -0.467 e. The van der Waals surface area contributed by atoms with Crippen LogP contribution >= 0.6 is 0 Å². The Hall–Kier alpha value is -2.76. The van der Waals surface area contributed by atoms with Crippen LogP contribution in [0.2, 0.25) is 0 Å². The Morgan fingerprint density at radius 1 is 1.05 bits per heavy atom. The summed E-state index contributed by atoms with van der Waals surface area (Å²) in [4.78, 5) is 19.2. The third-order valence-electron chi connectivity index (χ3n) is 3.20. The zero-order valence-corrected chi connectivity index (χ0v) is 12.1. The SMILES string of the molecule is COc1ncc(N(C)c2nc(C)nc3ccccc23)cn1. The predicted octanol–water partition coefficient (Wildman–Crippen LogP) is 2.50. The summed E-state index contributed by atoms with van der Waals surface area (Å²) in [5.41, 5.74) is 1.75. The molecule has 0 N–H and O–H groups in total. The molecular formula is C15H15N5O. The quantitative estimate of drug-likeness (QED) is 0.735. The molecule has 0 saturated heterocycles. The highest BCUT2D eigenvalue weighted by Gasteiger charge is 2.12. The summed E-state index contributed by atoms with van der Waals surface area (Å²) < 4.78 is 4.98. The lowest BCUT2D eigenvalue weighted by molar-refractivity contribution is 0.380. The summed E-state index contributed by atoms with van der Waals surface area (Å²) in [5, 5.41) is 0.987. The minimum atomic E-state index is 0.343. The van der Waals surface area contributed by atoms with Gasteiger partial charge in [-0.25, -0.2) is 19.9 Å². The fraction of sp³-hybridized carbons (Fsp3) is 0.200. The molecule has 3 rings (SSSR count). The highest BCUT2D eigenvalue weighted by Crippen LogP contribution is 2.28. The lowest BCUT2D eigenvalue weighted by Gasteiger charge is -2.19. The smallest absolute Gasteiger partial charge is 0.316 e. The molecule has 0 spiro atoms. The van der Waals surface area contributed by atoms with Gasteiger partial charge in [-0.05, 0) is 19.1 Å². The molecule has 3 aromatic rings. The van der Waals surface area contributed by atoms with Crippen LogP contribution in [0.4, 0.5) is 11.5 Å². The fourth-order valence-electron chi connectivity index (χ4n) is 2.14. The zero-order valence-electron chi connectivity index (χ0n) is 12.1. The van der Waals surface area contributed by atoms with Gasteiger partial charge in [0.1, 0.15) is 11.6 Å². The first-order valence-electron chi connectivity index (χ1n) is 6.52. The van der Waals surface area contributed by atoms with Crippen LogP contribution in [0.5, 0.6) is 6.01 Å². The molecule has 6 nitrogen and oxygen atoms in total. The van der Waals surface area contributed by atoms with E-state index >= 15 is 0 Å². The number of nitrogens with zero attached hydrogens (tertiary/aromatic N) is 5. The summed E-state index contributed by atoms with van der Waals surface area (Å²) in [6, 6.07) is 8.27. The number of benzene rings is 1. The Bertz CT molecular complexity index is 773. The van der Waals surface area contributed by atoms with Crippen molar-refractivity contribution in [3.8, 4) is 6.01 Å². The Balaban J connectivity index is 2.09. The van der Waals surface area contributed by atoms with Crippen LogP contribution in [0.3, 0.4) is 0 Å². The van der Waals surface area contributed by atoms with Gasteiger partial charge in [0.25, 0.3) is 0 Å². The molecule has 2 aromatic heterocycles. The maximum atomic E-state index is 4.98. The Kier molecular flexibility index (Phi) is 3.35. The number of methoxy groups -OCH3 is 1. The third kappa shape index (κ3) is 2.47. The van der Waals surface area contributed by atoms with Gasteiger partial charge in [-0.3, -0.25) is 0 Å². The molecule has 0 unspecified atom stereocenters. The molecule has 6 heteroatoms. The number of aryl methyl sites for hydroxylation is 1. The topological polar surface area (TPSA) is 64.0 Å². The maximum Gasteiger partial charge on any atom is 0.316 e. The molecule has 0 amide bonds. The van der Waals surface area contributed by atoms with Crippen LogP contribution in [0, 0.1) is 6.92 Å². The molecule has 1 aromatic carbocycles. The Labute approximate surface area is 122 Å². The summed E-state index contributed by atoms with van der Waals surface area (Å²) in [6.07, 6.45) is 3.41. The largest absolute Gasteiger partial charge is 0.467 e. The van der Waals surface area contributed by atoms with E-state index in [1.54, 1.807) is 19.5 Å². The normalized spacial score (nSPS) is 10.6. The van der Waals surface area contributed by atoms with Crippen molar-refractivity contribution in [3.63, 3.8) is 0 Å². The predicted molar refractivity (Wildman–Crippen MR) is 80.9 cm³/mol. The zero-order chi connectivity index (χ0) is 14.8. The average molecular weight is 281 g/mol. The third-order valence-corrected chi connectivity index (χ3v) is 3.20. The van der Waals surface area contributed by atoms with Crippen molar-refractivity contribution in [2.45, 2.75) is 6.92 Å². The van der Waals surface area contributed by atoms with E-state index in [0.29, 0.717) is 6.01 Å². The van der Waals surface area contributed by atoms with Crippen LogP contribution in [-0.2, 0) is 0 Å². The van der Waals surface area contributed by atoms with Crippen molar-refractivity contribution in [2.75, 3.05) is 19.1 Å². The van der Waals surface area contributed by atoms with Gasteiger partial charge in [-0.15, -0.1) is 0 Å². The number of ether oxygens (including phenoxy) is 1. The summed E-state index contributed by atoms with van der Waals surface area (Å²) in [6.45, 7) is 1.88. The molecule has 106 valence electrons. The number of aromatic nitrogens is 4. The number of fused-ring (bicyclic) bond motifs is 1. The van der Waals surface area contributed by atoms with E-state index in [2.05, 4.69) is 19.9 Å². The van der Waals surface area contributed by atoms with Crippen molar-refractivity contribution in [3.05, 3.63) is 42.5 Å². The van der Waals surface area contributed by atoms with E-state index in [-0.39, 0.29) is 0 Å². The van der Waals surface area contributed by atoms with E-state index in [0.717, 1.165) is 28.2 Å². The van der Waals surface area contributed by atoms with Crippen molar-refractivity contribution in [1.29, 1.82) is 0 Å². The fourth-order valence-corrected chi connectivity index (χ4v) is 2.14. The molecule has 0 aliphatic heterocycles. The number of para-hydroxylation sites is 1. The molecule has 0 saturated carbocycles. The second-order valence-corrected chi connectivity index (χ2v) is 4.60. The van der Waals surface area contributed by atoms with Gasteiger partial charge < -0.3 is 9.64 Å². The van der Waals surface area contributed by atoms with E-state index in [1.165, 1.54) is 0 Å². The molecule has 0 fully saturated rings. The second kappa shape index (κ2) is 5.32. The number of anilines is 2. The van der Waals surface area contributed by atoms with Crippen molar-refractivity contribution >= 4 is 22.4 Å². The highest BCUT2D eigenvalue weighted by molar-refractivity contribution is 5.91. The van der Waals surface area contributed by atoms with Gasteiger partial charge in [0.05, 0.1) is 30.7 Å². The number of hydrogen-bond donors (Lipinski definition) is 0. The van der Waals surface area contributed by atoms with Gasteiger partial charge in [-0.2, -0.15) is 0 Å². The summed E-state index contributed by atoms with van der Waals surface area (Å²) in [7, 11) is 3.47. The van der Waals surface area contributed by atoms with E-state index in [1.807, 2.05) is 43.1 Å². The number of hydrogen-bond acceptors (Lipinski definition) is 6. The minimum absolute atomic E-state index is 0.343. The van der Waals surface area contributed by atoms with Gasteiger partial charge in [0, 0.05) is 12.4 Å². The maximum absolute atomic E-state index is 4.98. The number of rotatable bonds is 3. The standard InChI is InChI=1S/C15H15N5O/c1-10-18-13-7-5-4-6-12(13)14(19-10)20(2)11-8-16-15(21-3)17-9-11/h4-9H,1-3H3. The average Bonchev–Trinajstić information content (AvgIpc) is 2.53. The molecule has 0 radical (unpaired) electrons. The van der Waals surface area contributed by atoms with Crippen LogP contribution in [-0.4, -0.2) is 34.1 Å². The van der Waals surface area contributed by atoms with Gasteiger partial charge in [0.15, 0.2) is 0 Å². The molecular weight excluding hydrogens is 266 g/mol. The lowest BCUT2D eigenvalue weighted by Crippen LogP contribution is -2.13. The summed E-state index contributed by atoms with van der Waals surface area (Å²) in [5.74, 6) is 1.55. The van der Waals surface area contributed by atoms with Crippen LogP contribution in [0.1, 0.15) is 5.82 Å². The highest BCUT2D eigenvalue weighted by atomic mass is 16.5. The lowest BCUT2D eigenvalue weighted by atomic mass is 10.2. The van der Waals surface area contributed by atoms with Crippen molar-refractivity contribution in [1.82, 2.24) is 19.9 Å². The summed E-state index contributed by atoms with van der Waals surface area (Å²) >= 11 is 0. The molecule has 21 heavy (non-hydrogen) atoms. The molecule has 0 aliphatic rings. The first kappa shape index (κ1) is 13.2. The van der Waals surface area contributed by atoms with E-state index < -0.39 is 0 Å². The van der Waals surface area contributed by atoms with Gasteiger partial charge >= 0.3 is 6.01 Å². The van der Waals surface area contributed by atoms with Crippen LogP contribution in [0.15, 0.2) is 36.7 Å². The Morgan fingerprint density at radius 3 is 2.48 bits per heavy atom. The monoisotopic (exact) mass is 281 g/mol. The molecule has 0 bridgehead atoms. The molecule has 0 aliphatic carbocycles. The van der Waals surface area contributed by atoms with Crippen LogP contribution in [0.25, 0.3) is 10.9 Å². The van der Waals surface area contributed by atoms with Crippen molar-refractivity contribution < 1.29 is 4.74 Å². The van der Waals surface area contributed by atoms with E-state index in [4.69, 9.17) is 4.74 Å². The van der Waals surface area contributed by atoms with Gasteiger partial charge in [-0.1, -0.05) is 12.1 Å².